The molecule has 124 valence electrons. The molecule has 0 heterocycles. The molecule has 0 aliphatic rings. The topological polar surface area (TPSA) is 38.3 Å². The summed E-state index contributed by atoms with van der Waals surface area (Å²) < 4.78 is 57.9. The third-order valence-corrected chi connectivity index (χ3v) is 4.69. The minimum atomic E-state index is -4.67. The van der Waals surface area contributed by atoms with E-state index in [2.05, 4.69) is 21.0 Å². The average molecular weight is 408 g/mol. The van der Waals surface area contributed by atoms with Gasteiger partial charge >= 0.3 is 6.18 Å². The van der Waals surface area contributed by atoms with Crippen molar-refractivity contribution < 1.29 is 22.3 Å². The van der Waals surface area contributed by atoms with Crippen LogP contribution in [0.5, 0.6) is 0 Å². The van der Waals surface area contributed by atoms with Gasteiger partial charge in [0.05, 0.1) is 0 Å². The highest BCUT2D eigenvalue weighted by Crippen LogP contribution is 2.51. The van der Waals surface area contributed by atoms with Gasteiger partial charge in [-0.25, -0.2) is 0 Å². The molecule has 0 radical (unpaired) electrons. The van der Waals surface area contributed by atoms with E-state index in [1.54, 1.807) is 30.3 Å². The smallest absolute Gasteiger partial charge is 0.316 e. The van der Waals surface area contributed by atoms with Crippen molar-refractivity contribution in [3.05, 3.63) is 64.6 Å². The van der Waals surface area contributed by atoms with Crippen molar-refractivity contribution in [2.75, 3.05) is 11.8 Å². The maximum Gasteiger partial charge on any atom is 0.419 e. The van der Waals surface area contributed by atoms with Gasteiger partial charge < -0.3 is 5.09 Å². The van der Waals surface area contributed by atoms with Gasteiger partial charge in [0.25, 0.3) is 7.52 Å². The fraction of sp³-hybridized carbons (Fsp3) is 0.200. The first-order chi connectivity index (χ1) is 10.7. The van der Waals surface area contributed by atoms with Crippen molar-refractivity contribution in [3.8, 4) is 0 Å². The van der Waals surface area contributed by atoms with Gasteiger partial charge in [0.1, 0.15) is 0 Å². The van der Waals surface area contributed by atoms with Crippen molar-refractivity contribution in [2.45, 2.75) is 12.3 Å². The van der Waals surface area contributed by atoms with Gasteiger partial charge in [-0.1, -0.05) is 46.3 Å². The van der Waals surface area contributed by atoms with Crippen LogP contribution >= 0.6 is 23.4 Å². The molecule has 0 aliphatic heterocycles. The summed E-state index contributed by atoms with van der Waals surface area (Å²) in [5, 5.41) is 2.53. The molecule has 0 spiro atoms. The summed E-state index contributed by atoms with van der Waals surface area (Å²) >= 11 is 3.25. The molecule has 0 bridgehead atoms. The number of rotatable bonds is 5. The van der Waals surface area contributed by atoms with Crippen LogP contribution in [-0.2, 0) is 9.09 Å². The summed E-state index contributed by atoms with van der Waals surface area (Å²) in [6.07, 6.45) is -6.93. The second-order valence-corrected chi connectivity index (χ2v) is 7.94. The zero-order chi connectivity index (χ0) is 17.1. The van der Waals surface area contributed by atoms with Crippen molar-refractivity contribution in [3.63, 3.8) is 0 Å². The number of anilines is 1. The van der Waals surface area contributed by atoms with Crippen molar-refractivity contribution in [2.24, 2.45) is 0 Å². The summed E-state index contributed by atoms with van der Waals surface area (Å²) in [5.74, 6) is 0. The first-order valence-corrected chi connectivity index (χ1v) is 9.45. The van der Waals surface area contributed by atoms with E-state index < -0.39 is 19.8 Å². The molecule has 0 fully saturated rings. The van der Waals surface area contributed by atoms with Crippen molar-refractivity contribution >= 4 is 29.1 Å². The lowest BCUT2D eigenvalue weighted by molar-refractivity contribution is -0.197. The van der Waals surface area contributed by atoms with Gasteiger partial charge in [-0.3, -0.25) is 9.09 Å². The van der Waals surface area contributed by atoms with Gasteiger partial charge in [-0.2, -0.15) is 13.2 Å². The van der Waals surface area contributed by atoms with Crippen LogP contribution < -0.4 is 5.09 Å². The quantitative estimate of drug-likeness (QED) is 0.617. The van der Waals surface area contributed by atoms with Crippen LogP contribution in [0.25, 0.3) is 0 Å². The third kappa shape index (κ3) is 5.37. The van der Waals surface area contributed by atoms with Crippen LogP contribution in [0.1, 0.15) is 11.7 Å². The van der Waals surface area contributed by atoms with Crippen LogP contribution in [0, 0.1) is 0 Å². The normalized spacial score (nSPS) is 15.7. The molecule has 0 aliphatic carbocycles. The molecule has 2 rings (SSSR count). The van der Waals surface area contributed by atoms with Crippen LogP contribution in [0.4, 0.5) is 18.9 Å². The lowest BCUT2D eigenvalue weighted by Gasteiger charge is -2.25. The summed E-state index contributed by atoms with van der Waals surface area (Å²) in [6.45, 7) is 1.12. The fourth-order valence-corrected chi connectivity index (χ4v) is 3.50. The van der Waals surface area contributed by atoms with E-state index in [1.807, 2.05) is 0 Å². The zero-order valence-electron chi connectivity index (χ0n) is 12.0. The van der Waals surface area contributed by atoms with Crippen molar-refractivity contribution in [1.82, 2.24) is 0 Å². The van der Waals surface area contributed by atoms with E-state index in [4.69, 9.17) is 4.52 Å². The molecule has 0 amide bonds. The van der Waals surface area contributed by atoms with Crippen LogP contribution in [0.2, 0.25) is 0 Å². The molecule has 1 N–H and O–H groups in total. The zero-order valence-corrected chi connectivity index (χ0v) is 14.5. The van der Waals surface area contributed by atoms with E-state index in [1.165, 1.54) is 24.3 Å². The summed E-state index contributed by atoms with van der Waals surface area (Å²) in [5.41, 5.74) is 0.313. The SMILES string of the molecule is CP(=O)(Nc1ccc(Br)cc1)OC(c1ccccc1)C(F)(F)F. The fourth-order valence-electron chi connectivity index (χ4n) is 1.92. The second kappa shape index (κ2) is 7.07. The predicted molar refractivity (Wildman–Crippen MR) is 87.6 cm³/mol. The lowest BCUT2D eigenvalue weighted by atomic mass is 10.1. The number of hydrogen-bond acceptors (Lipinski definition) is 2. The summed E-state index contributed by atoms with van der Waals surface area (Å²) in [4.78, 5) is 0. The average Bonchev–Trinajstić information content (AvgIpc) is 2.47. The molecule has 2 aromatic carbocycles. The number of hydrogen-bond donors (Lipinski definition) is 1. The Morgan fingerprint density at radius 2 is 1.65 bits per heavy atom. The van der Waals surface area contributed by atoms with E-state index in [-0.39, 0.29) is 5.56 Å². The molecule has 8 heteroatoms. The van der Waals surface area contributed by atoms with E-state index >= 15 is 0 Å². The molecule has 23 heavy (non-hydrogen) atoms. The van der Waals surface area contributed by atoms with E-state index in [9.17, 15) is 17.7 Å². The molecule has 2 atom stereocenters. The predicted octanol–water partition coefficient (Wildman–Crippen LogP) is 6.00. The highest BCUT2D eigenvalue weighted by Gasteiger charge is 2.45. The van der Waals surface area contributed by atoms with Gasteiger partial charge in [0, 0.05) is 16.8 Å². The molecular weight excluding hydrogens is 394 g/mol. The molecule has 2 aromatic rings. The maximum atomic E-state index is 13.2. The molecule has 0 saturated carbocycles. The van der Waals surface area contributed by atoms with Gasteiger partial charge in [-0.15, -0.1) is 0 Å². The molecule has 3 nitrogen and oxygen atoms in total. The van der Waals surface area contributed by atoms with E-state index in [0.29, 0.717) is 5.69 Å². The Balaban J connectivity index is 2.21. The monoisotopic (exact) mass is 407 g/mol. The Labute approximate surface area is 140 Å². The number of alkyl halides is 3. The number of nitrogens with one attached hydrogen (secondary N) is 1. The molecular formula is C15H14BrF3NO2P. The highest BCUT2D eigenvalue weighted by atomic mass is 79.9. The van der Waals surface area contributed by atoms with Gasteiger partial charge in [0.15, 0.2) is 6.10 Å². The Morgan fingerprint density at radius 3 is 2.17 bits per heavy atom. The highest BCUT2D eigenvalue weighted by molar-refractivity contribution is 9.10. The van der Waals surface area contributed by atoms with Crippen LogP contribution in [0.3, 0.4) is 0 Å². The van der Waals surface area contributed by atoms with Crippen LogP contribution in [0.15, 0.2) is 59.1 Å². The summed E-state index contributed by atoms with van der Waals surface area (Å²) in [7, 11) is -3.73. The largest absolute Gasteiger partial charge is 0.419 e. The number of halogens is 4. The first-order valence-electron chi connectivity index (χ1n) is 6.59. The Bertz CT molecular complexity index is 692. The minimum absolute atomic E-state index is 0.0975. The van der Waals surface area contributed by atoms with Crippen molar-refractivity contribution in [1.29, 1.82) is 0 Å². The van der Waals surface area contributed by atoms with Crippen LogP contribution in [-0.4, -0.2) is 12.8 Å². The molecule has 0 aromatic heterocycles. The third-order valence-electron chi connectivity index (χ3n) is 2.88. The first kappa shape index (κ1) is 18.0. The second-order valence-electron chi connectivity index (χ2n) is 4.90. The summed E-state index contributed by atoms with van der Waals surface area (Å²) in [6, 6.07) is 13.7. The molecule has 0 saturated heterocycles. The Kier molecular flexibility index (Phi) is 5.55. The van der Waals surface area contributed by atoms with Gasteiger partial charge in [-0.05, 0) is 29.8 Å². The van der Waals surface area contributed by atoms with Gasteiger partial charge in [0.2, 0.25) is 0 Å². The minimum Gasteiger partial charge on any atom is -0.316 e. The van der Waals surface area contributed by atoms with E-state index in [0.717, 1.165) is 11.1 Å². The Morgan fingerprint density at radius 1 is 1.09 bits per heavy atom. The lowest BCUT2D eigenvalue weighted by Crippen LogP contribution is -2.23. The standard InChI is InChI=1S/C15H14BrF3NO2P/c1-23(21,20-13-9-7-12(16)8-10-13)22-14(15(17,18)19)11-5-3-2-4-6-11/h2-10,14H,1H3,(H,20,21). The maximum absolute atomic E-state index is 13.2. The Hall–Kier alpha value is -1.30. The number of benzene rings is 2. The molecule has 2 unspecified atom stereocenters.